The standard InChI is InChI=1S/C17H16N4O2S/c1-3-21-17(23)13-7-5-4-6-12(13)15(20-21)16(22)19-18-10-14-11(2)8-9-24-14/h4-10H,3H2,1-2H3,(H,19,22)/b18-10-. The van der Waals surface area contributed by atoms with Crippen LogP contribution < -0.4 is 11.0 Å². The molecule has 0 saturated carbocycles. The highest BCUT2D eigenvalue weighted by molar-refractivity contribution is 7.11. The summed E-state index contributed by atoms with van der Waals surface area (Å²) in [5, 5.41) is 11.1. The third-order valence-electron chi connectivity index (χ3n) is 3.63. The van der Waals surface area contributed by atoms with Crippen LogP contribution in [-0.2, 0) is 6.54 Å². The van der Waals surface area contributed by atoms with Crippen LogP contribution in [0.5, 0.6) is 0 Å². The fourth-order valence-corrected chi connectivity index (χ4v) is 3.12. The van der Waals surface area contributed by atoms with E-state index in [0.29, 0.717) is 17.3 Å². The number of hydrogen-bond donors (Lipinski definition) is 1. The van der Waals surface area contributed by atoms with E-state index in [2.05, 4.69) is 15.6 Å². The number of fused-ring (bicyclic) bond motifs is 1. The van der Waals surface area contributed by atoms with Crippen molar-refractivity contribution in [2.45, 2.75) is 20.4 Å². The summed E-state index contributed by atoms with van der Waals surface area (Å²) in [4.78, 5) is 25.7. The Labute approximate surface area is 142 Å². The maximum Gasteiger partial charge on any atom is 0.292 e. The zero-order valence-electron chi connectivity index (χ0n) is 13.3. The number of hydrazone groups is 1. The van der Waals surface area contributed by atoms with Gasteiger partial charge in [0.05, 0.1) is 11.6 Å². The Balaban J connectivity index is 1.95. The lowest BCUT2D eigenvalue weighted by molar-refractivity contribution is 0.0949. The molecule has 0 spiro atoms. The van der Waals surface area contributed by atoms with Gasteiger partial charge in [0.25, 0.3) is 11.5 Å². The second-order valence-corrected chi connectivity index (χ2v) is 6.13. The van der Waals surface area contributed by atoms with Crippen LogP contribution in [0.3, 0.4) is 0 Å². The molecular weight excluding hydrogens is 324 g/mol. The first kappa shape index (κ1) is 16.1. The quantitative estimate of drug-likeness (QED) is 0.586. The number of aryl methyl sites for hydroxylation is 2. The molecule has 7 heteroatoms. The fraction of sp³-hybridized carbons (Fsp3) is 0.176. The van der Waals surface area contributed by atoms with E-state index < -0.39 is 5.91 Å². The van der Waals surface area contributed by atoms with Gasteiger partial charge in [-0.15, -0.1) is 11.3 Å². The molecule has 0 bridgehead atoms. The number of carbonyl (C=O) groups is 1. The molecule has 1 aromatic carbocycles. The van der Waals surface area contributed by atoms with Crippen molar-refractivity contribution in [3.8, 4) is 0 Å². The number of benzene rings is 1. The largest absolute Gasteiger partial charge is 0.292 e. The average Bonchev–Trinajstić information content (AvgIpc) is 3.00. The molecule has 0 saturated heterocycles. The maximum absolute atomic E-state index is 12.5. The Morgan fingerprint density at radius 2 is 2.08 bits per heavy atom. The van der Waals surface area contributed by atoms with Crippen molar-refractivity contribution in [1.82, 2.24) is 15.2 Å². The number of nitrogens with one attached hydrogen (secondary N) is 1. The van der Waals surface area contributed by atoms with Crippen molar-refractivity contribution in [2.24, 2.45) is 5.10 Å². The molecule has 2 heterocycles. The molecule has 0 aliphatic heterocycles. The minimum atomic E-state index is -0.446. The number of carbonyl (C=O) groups excluding carboxylic acids is 1. The second-order valence-electron chi connectivity index (χ2n) is 5.18. The third-order valence-corrected chi connectivity index (χ3v) is 4.59. The number of aromatic nitrogens is 2. The van der Waals surface area contributed by atoms with Gasteiger partial charge in [0.2, 0.25) is 0 Å². The smallest absolute Gasteiger partial charge is 0.267 e. The molecule has 0 unspecified atom stereocenters. The van der Waals surface area contributed by atoms with Gasteiger partial charge in [-0.3, -0.25) is 9.59 Å². The SMILES string of the molecule is CCn1nc(C(=O)N/N=C\c2sccc2C)c2ccccc2c1=O. The van der Waals surface area contributed by atoms with Gasteiger partial charge in [0.15, 0.2) is 5.69 Å². The van der Waals surface area contributed by atoms with Crippen molar-refractivity contribution in [3.63, 3.8) is 0 Å². The first-order valence-electron chi connectivity index (χ1n) is 7.49. The summed E-state index contributed by atoms with van der Waals surface area (Å²) in [6, 6.07) is 8.93. The Kier molecular flexibility index (Phi) is 4.52. The molecule has 0 radical (unpaired) electrons. The van der Waals surface area contributed by atoms with Crippen molar-refractivity contribution in [2.75, 3.05) is 0 Å². The molecular formula is C17H16N4O2S. The summed E-state index contributed by atoms with van der Waals surface area (Å²) >= 11 is 1.55. The van der Waals surface area contributed by atoms with Gasteiger partial charge in [0, 0.05) is 16.8 Å². The first-order chi connectivity index (χ1) is 11.6. The van der Waals surface area contributed by atoms with E-state index in [1.165, 1.54) is 4.68 Å². The van der Waals surface area contributed by atoms with E-state index in [9.17, 15) is 9.59 Å². The third kappa shape index (κ3) is 2.98. The van der Waals surface area contributed by atoms with Gasteiger partial charge in [0.1, 0.15) is 0 Å². The summed E-state index contributed by atoms with van der Waals surface area (Å²) < 4.78 is 1.28. The maximum atomic E-state index is 12.5. The molecule has 0 fully saturated rings. The van der Waals surface area contributed by atoms with Gasteiger partial charge in [-0.1, -0.05) is 18.2 Å². The Morgan fingerprint density at radius 3 is 2.75 bits per heavy atom. The molecule has 122 valence electrons. The zero-order chi connectivity index (χ0) is 17.1. The number of amides is 1. The summed E-state index contributed by atoms with van der Waals surface area (Å²) in [6.07, 6.45) is 1.61. The normalized spacial score (nSPS) is 11.2. The molecule has 6 nitrogen and oxygen atoms in total. The fourth-order valence-electron chi connectivity index (χ4n) is 2.34. The molecule has 0 aliphatic rings. The summed E-state index contributed by atoms with van der Waals surface area (Å²) in [5.74, 6) is -0.446. The Bertz CT molecular complexity index is 988. The highest BCUT2D eigenvalue weighted by Gasteiger charge is 2.15. The minimum absolute atomic E-state index is 0.187. The Morgan fingerprint density at radius 1 is 1.33 bits per heavy atom. The van der Waals surface area contributed by atoms with Crippen LogP contribution in [0.25, 0.3) is 10.8 Å². The highest BCUT2D eigenvalue weighted by atomic mass is 32.1. The lowest BCUT2D eigenvalue weighted by Crippen LogP contribution is -2.28. The predicted octanol–water partition coefficient (Wildman–Crippen LogP) is 2.55. The lowest BCUT2D eigenvalue weighted by Gasteiger charge is -2.08. The molecule has 1 N–H and O–H groups in total. The highest BCUT2D eigenvalue weighted by Crippen LogP contribution is 2.14. The number of rotatable bonds is 4. The Hall–Kier alpha value is -2.80. The van der Waals surface area contributed by atoms with E-state index >= 15 is 0 Å². The second kappa shape index (κ2) is 6.76. The molecule has 2 aromatic heterocycles. The number of nitrogens with zero attached hydrogens (tertiary/aromatic N) is 3. The van der Waals surface area contributed by atoms with Crippen LogP contribution in [0.4, 0.5) is 0 Å². The van der Waals surface area contributed by atoms with Crippen molar-refractivity contribution >= 4 is 34.2 Å². The summed E-state index contributed by atoms with van der Waals surface area (Å²) in [6.45, 7) is 4.18. The van der Waals surface area contributed by atoms with Gasteiger partial charge >= 0.3 is 0 Å². The van der Waals surface area contributed by atoms with Crippen LogP contribution in [0.15, 0.2) is 45.6 Å². The molecule has 0 aliphatic carbocycles. The molecule has 3 aromatic rings. The van der Waals surface area contributed by atoms with Crippen LogP contribution in [0, 0.1) is 6.92 Å². The minimum Gasteiger partial charge on any atom is -0.267 e. The van der Waals surface area contributed by atoms with Crippen LogP contribution >= 0.6 is 11.3 Å². The van der Waals surface area contributed by atoms with E-state index in [4.69, 9.17) is 0 Å². The van der Waals surface area contributed by atoms with Crippen LogP contribution in [-0.4, -0.2) is 21.9 Å². The number of thiophene rings is 1. The molecule has 3 rings (SSSR count). The number of hydrogen-bond acceptors (Lipinski definition) is 5. The van der Waals surface area contributed by atoms with Crippen LogP contribution in [0.2, 0.25) is 0 Å². The predicted molar refractivity (Wildman–Crippen MR) is 95.8 cm³/mol. The zero-order valence-corrected chi connectivity index (χ0v) is 14.1. The van der Waals surface area contributed by atoms with E-state index in [1.807, 2.05) is 25.3 Å². The lowest BCUT2D eigenvalue weighted by atomic mass is 10.1. The van der Waals surface area contributed by atoms with Crippen molar-refractivity contribution in [1.29, 1.82) is 0 Å². The van der Waals surface area contributed by atoms with E-state index in [-0.39, 0.29) is 11.3 Å². The van der Waals surface area contributed by atoms with Gasteiger partial charge in [-0.25, -0.2) is 10.1 Å². The summed E-state index contributed by atoms with van der Waals surface area (Å²) in [7, 11) is 0. The molecule has 1 amide bonds. The average molecular weight is 340 g/mol. The molecule has 0 atom stereocenters. The van der Waals surface area contributed by atoms with Gasteiger partial charge in [-0.2, -0.15) is 10.2 Å². The van der Waals surface area contributed by atoms with Crippen LogP contribution in [0.1, 0.15) is 27.9 Å². The van der Waals surface area contributed by atoms with Gasteiger partial charge < -0.3 is 0 Å². The van der Waals surface area contributed by atoms with Crippen molar-refractivity contribution in [3.05, 3.63) is 62.2 Å². The van der Waals surface area contributed by atoms with Crippen molar-refractivity contribution < 1.29 is 4.79 Å². The molecule has 24 heavy (non-hydrogen) atoms. The topological polar surface area (TPSA) is 76.3 Å². The first-order valence-corrected chi connectivity index (χ1v) is 8.37. The van der Waals surface area contributed by atoms with E-state index in [0.717, 1.165) is 10.4 Å². The van der Waals surface area contributed by atoms with Gasteiger partial charge in [-0.05, 0) is 36.9 Å². The van der Waals surface area contributed by atoms with E-state index in [1.54, 1.807) is 41.8 Å². The monoisotopic (exact) mass is 340 g/mol. The summed E-state index contributed by atoms with van der Waals surface area (Å²) in [5.41, 5.74) is 3.57.